The zero-order valence-corrected chi connectivity index (χ0v) is 19.6. The van der Waals surface area contributed by atoms with E-state index in [1.165, 1.54) is 10.4 Å². The van der Waals surface area contributed by atoms with Crippen molar-refractivity contribution in [2.75, 3.05) is 47.1 Å². The van der Waals surface area contributed by atoms with Gasteiger partial charge >= 0.3 is 0 Å². The highest BCUT2D eigenvalue weighted by molar-refractivity contribution is 7.10. The summed E-state index contributed by atoms with van der Waals surface area (Å²) in [6.07, 6.45) is 2.43. The maximum atomic E-state index is 13.4. The number of rotatable bonds is 11. The molecule has 0 bridgehead atoms. The number of methoxy groups -OCH3 is 2. The monoisotopic (exact) mass is 460 g/mol. The van der Waals surface area contributed by atoms with Crippen LogP contribution in [-0.2, 0) is 16.0 Å². The van der Waals surface area contributed by atoms with E-state index in [1.54, 1.807) is 25.6 Å². The average molecular weight is 461 g/mol. The van der Waals surface area contributed by atoms with Gasteiger partial charge in [0.05, 0.1) is 32.4 Å². The number of nitrogens with zero attached hydrogens (tertiary/aromatic N) is 2. The van der Waals surface area contributed by atoms with Crippen LogP contribution in [0.4, 0.5) is 0 Å². The van der Waals surface area contributed by atoms with E-state index < -0.39 is 6.10 Å². The van der Waals surface area contributed by atoms with Crippen molar-refractivity contribution in [3.05, 3.63) is 46.2 Å². The maximum absolute atomic E-state index is 13.4. The molecule has 1 amide bonds. The zero-order valence-electron chi connectivity index (χ0n) is 18.7. The highest BCUT2D eigenvalue weighted by Crippen LogP contribution is 2.35. The third-order valence-corrected chi connectivity index (χ3v) is 7.08. The van der Waals surface area contributed by atoms with Crippen LogP contribution < -0.4 is 9.47 Å². The van der Waals surface area contributed by atoms with Gasteiger partial charge in [-0.15, -0.1) is 11.3 Å². The van der Waals surface area contributed by atoms with Crippen molar-refractivity contribution < 1.29 is 24.1 Å². The van der Waals surface area contributed by atoms with Gasteiger partial charge < -0.3 is 24.2 Å². The molecule has 1 saturated carbocycles. The van der Waals surface area contributed by atoms with Gasteiger partial charge in [-0.3, -0.25) is 9.69 Å². The van der Waals surface area contributed by atoms with E-state index in [2.05, 4.69) is 16.3 Å². The van der Waals surface area contributed by atoms with Gasteiger partial charge in [0.25, 0.3) is 0 Å². The molecule has 1 aromatic heterocycles. The summed E-state index contributed by atoms with van der Waals surface area (Å²) in [4.78, 5) is 18.8. The Hall–Kier alpha value is -2.13. The number of carbonyl (C=O) groups excluding carboxylic acids is 1. The quantitative estimate of drug-likeness (QED) is 0.556. The maximum Gasteiger partial charge on any atom is 0.237 e. The van der Waals surface area contributed by atoms with Crippen LogP contribution >= 0.6 is 11.3 Å². The smallest absolute Gasteiger partial charge is 0.237 e. The SMILES string of the molecule is COC[C@H](O)CN(CC(=O)N1CCc2sccc2[C@H]1COc1ccc(OC)cc1)C1CC1. The van der Waals surface area contributed by atoms with E-state index in [0.29, 0.717) is 32.3 Å². The van der Waals surface area contributed by atoms with Crippen molar-refractivity contribution >= 4 is 17.2 Å². The summed E-state index contributed by atoms with van der Waals surface area (Å²) in [5.74, 6) is 1.62. The number of fused-ring (bicyclic) bond motifs is 1. The van der Waals surface area contributed by atoms with Crippen LogP contribution in [0.15, 0.2) is 35.7 Å². The van der Waals surface area contributed by atoms with Crippen LogP contribution in [0.5, 0.6) is 11.5 Å². The van der Waals surface area contributed by atoms with Crippen molar-refractivity contribution in [2.45, 2.75) is 37.5 Å². The van der Waals surface area contributed by atoms with Crippen LogP contribution in [0.3, 0.4) is 0 Å². The Kier molecular flexibility index (Phi) is 7.67. The zero-order chi connectivity index (χ0) is 22.5. The first-order valence-corrected chi connectivity index (χ1v) is 12.0. The summed E-state index contributed by atoms with van der Waals surface area (Å²) in [6, 6.07) is 9.87. The Bertz CT molecular complexity index is 883. The van der Waals surface area contributed by atoms with Gasteiger partial charge in [0.2, 0.25) is 5.91 Å². The number of hydrogen-bond acceptors (Lipinski definition) is 7. The average Bonchev–Trinajstić information content (AvgIpc) is 3.54. The summed E-state index contributed by atoms with van der Waals surface area (Å²) >= 11 is 1.74. The van der Waals surface area contributed by atoms with E-state index in [-0.39, 0.29) is 18.6 Å². The van der Waals surface area contributed by atoms with Gasteiger partial charge in [-0.05, 0) is 60.5 Å². The molecule has 8 heteroatoms. The molecule has 174 valence electrons. The minimum absolute atomic E-state index is 0.0849. The fraction of sp³-hybridized carbons (Fsp3) is 0.542. The molecule has 0 spiro atoms. The molecule has 1 N–H and O–H groups in total. The van der Waals surface area contributed by atoms with Gasteiger partial charge in [-0.2, -0.15) is 0 Å². The minimum Gasteiger partial charge on any atom is -0.497 e. The van der Waals surface area contributed by atoms with Gasteiger partial charge in [0, 0.05) is 31.1 Å². The van der Waals surface area contributed by atoms with E-state index in [0.717, 1.165) is 30.8 Å². The van der Waals surface area contributed by atoms with Crippen molar-refractivity contribution in [1.82, 2.24) is 9.80 Å². The molecule has 2 heterocycles. The number of amides is 1. The highest BCUT2D eigenvalue weighted by atomic mass is 32.1. The molecule has 1 aromatic carbocycles. The van der Waals surface area contributed by atoms with Crippen LogP contribution in [0, 0.1) is 0 Å². The van der Waals surface area contributed by atoms with E-state index >= 15 is 0 Å². The van der Waals surface area contributed by atoms with Gasteiger partial charge in [0.15, 0.2) is 0 Å². The first kappa shape index (κ1) is 23.0. The second kappa shape index (κ2) is 10.7. The standard InChI is InChI=1S/C24H32N2O5S/c1-29-15-18(27)13-25(17-3-4-17)14-24(28)26-11-9-23-21(10-12-32-23)22(26)16-31-20-7-5-19(30-2)6-8-20/h5-8,10,12,17-18,22,27H,3-4,9,11,13-16H2,1-2H3/t18-,22-/m1/s1. The summed E-state index contributed by atoms with van der Waals surface area (Å²) < 4.78 is 16.4. The van der Waals surface area contributed by atoms with E-state index in [9.17, 15) is 9.90 Å². The fourth-order valence-electron chi connectivity index (χ4n) is 4.28. The lowest BCUT2D eigenvalue weighted by Crippen LogP contribution is -2.48. The molecule has 2 aliphatic rings. The Morgan fingerprint density at radius 3 is 2.66 bits per heavy atom. The molecule has 2 atom stereocenters. The van der Waals surface area contributed by atoms with Crippen molar-refractivity contribution in [3.8, 4) is 11.5 Å². The highest BCUT2D eigenvalue weighted by Gasteiger charge is 2.36. The Morgan fingerprint density at radius 1 is 1.22 bits per heavy atom. The third kappa shape index (κ3) is 5.61. The molecule has 0 saturated heterocycles. The molecule has 1 aliphatic carbocycles. The molecule has 1 aliphatic heterocycles. The second-order valence-electron chi connectivity index (χ2n) is 8.41. The molecule has 1 fully saturated rings. The summed E-state index contributed by atoms with van der Waals surface area (Å²) in [7, 11) is 3.22. The topological polar surface area (TPSA) is 71.5 Å². The molecule has 32 heavy (non-hydrogen) atoms. The number of hydrogen-bond donors (Lipinski definition) is 1. The molecule has 0 unspecified atom stereocenters. The van der Waals surface area contributed by atoms with Gasteiger partial charge in [-0.1, -0.05) is 0 Å². The first-order chi connectivity index (χ1) is 15.6. The molecule has 0 radical (unpaired) electrons. The Morgan fingerprint density at radius 2 is 1.97 bits per heavy atom. The number of carbonyl (C=O) groups is 1. The number of aliphatic hydroxyl groups is 1. The lowest BCUT2D eigenvalue weighted by molar-refractivity contribution is -0.136. The Labute approximate surface area is 193 Å². The number of benzene rings is 1. The van der Waals surface area contributed by atoms with Crippen molar-refractivity contribution in [3.63, 3.8) is 0 Å². The summed E-state index contributed by atoms with van der Waals surface area (Å²) in [5, 5.41) is 12.3. The normalized spacial score (nSPS) is 19.0. The molecular weight excluding hydrogens is 428 g/mol. The van der Waals surface area contributed by atoms with Crippen LogP contribution in [0.25, 0.3) is 0 Å². The van der Waals surface area contributed by atoms with Crippen molar-refractivity contribution in [1.29, 1.82) is 0 Å². The Balaban J connectivity index is 1.44. The fourth-order valence-corrected chi connectivity index (χ4v) is 5.21. The van der Waals surface area contributed by atoms with Crippen molar-refractivity contribution in [2.24, 2.45) is 0 Å². The summed E-state index contributed by atoms with van der Waals surface area (Å²) in [6.45, 7) is 2.12. The third-order valence-electron chi connectivity index (χ3n) is 6.09. The van der Waals surface area contributed by atoms with Crippen LogP contribution in [0.2, 0.25) is 0 Å². The summed E-state index contributed by atoms with van der Waals surface area (Å²) in [5.41, 5.74) is 1.18. The predicted octanol–water partition coefficient (Wildman–Crippen LogP) is 2.73. The molecule has 4 rings (SSSR count). The van der Waals surface area contributed by atoms with Crippen LogP contribution in [0.1, 0.15) is 29.3 Å². The van der Waals surface area contributed by atoms with Crippen LogP contribution in [-0.4, -0.2) is 80.0 Å². The molecular formula is C24H32N2O5S. The lowest BCUT2D eigenvalue weighted by atomic mass is 10.0. The predicted molar refractivity (Wildman–Crippen MR) is 123 cm³/mol. The minimum atomic E-state index is -0.590. The largest absolute Gasteiger partial charge is 0.497 e. The first-order valence-electron chi connectivity index (χ1n) is 11.1. The molecule has 7 nitrogen and oxygen atoms in total. The van der Waals surface area contributed by atoms with E-state index in [4.69, 9.17) is 14.2 Å². The number of ether oxygens (including phenoxy) is 3. The second-order valence-corrected chi connectivity index (χ2v) is 9.41. The van der Waals surface area contributed by atoms with Gasteiger partial charge in [0.1, 0.15) is 18.1 Å². The molecule has 2 aromatic rings. The number of thiophene rings is 1. The number of aliphatic hydroxyl groups excluding tert-OH is 1. The van der Waals surface area contributed by atoms with Gasteiger partial charge in [-0.25, -0.2) is 0 Å². The lowest BCUT2D eigenvalue weighted by Gasteiger charge is -2.37. The van der Waals surface area contributed by atoms with E-state index in [1.807, 2.05) is 29.2 Å².